The first-order valence-corrected chi connectivity index (χ1v) is 15.5. The van der Waals surface area contributed by atoms with Gasteiger partial charge in [0.1, 0.15) is 6.10 Å². The summed E-state index contributed by atoms with van der Waals surface area (Å²) in [6.07, 6.45) is 7.10. The van der Waals surface area contributed by atoms with E-state index in [9.17, 15) is 19.8 Å². The lowest BCUT2D eigenvalue weighted by Gasteiger charge is -2.45. The highest BCUT2D eigenvalue weighted by Gasteiger charge is 2.62. The molecule has 1 heterocycles. The van der Waals surface area contributed by atoms with Crippen LogP contribution in [0.5, 0.6) is 0 Å². The molecule has 2 rings (SSSR count). The highest BCUT2D eigenvalue weighted by Crippen LogP contribution is 2.46. The van der Waals surface area contributed by atoms with Crippen molar-refractivity contribution in [3.63, 3.8) is 0 Å². The minimum absolute atomic E-state index is 0.164. The zero-order valence-electron chi connectivity index (χ0n) is 23.6. The molecule has 1 aliphatic heterocycles. The zero-order valence-corrected chi connectivity index (χ0v) is 24.6. The van der Waals surface area contributed by atoms with Gasteiger partial charge in [0.2, 0.25) is 13.9 Å². The third-order valence-corrected chi connectivity index (χ3v) is 13.6. The molecule has 1 aliphatic rings. The van der Waals surface area contributed by atoms with Crippen molar-refractivity contribution >= 4 is 26.1 Å². The van der Waals surface area contributed by atoms with Gasteiger partial charge in [0.15, 0.2) is 5.78 Å². The van der Waals surface area contributed by atoms with Crippen molar-refractivity contribution in [1.29, 1.82) is 0 Å². The zero-order chi connectivity index (χ0) is 28.0. The smallest absolute Gasteiger partial charge is 0.267 e. The van der Waals surface area contributed by atoms with E-state index in [2.05, 4.69) is 46.9 Å². The molecule has 1 aromatic rings. The van der Waals surface area contributed by atoms with E-state index >= 15 is 0 Å². The molecule has 0 aliphatic carbocycles. The van der Waals surface area contributed by atoms with Gasteiger partial charge < -0.3 is 20.0 Å². The van der Waals surface area contributed by atoms with Gasteiger partial charge >= 0.3 is 0 Å². The summed E-state index contributed by atoms with van der Waals surface area (Å²) in [6, 6.07) is 9.42. The van der Waals surface area contributed by atoms with Crippen molar-refractivity contribution in [2.45, 2.75) is 96.2 Å². The normalized spacial score (nSPS) is 23.6. The molecule has 4 atom stereocenters. The summed E-state index contributed by atoms with van der Waals surface area (Å²) >= 11 is 0. The van der Waals surface area contributed by atoms with Crippen LogP contribution < -0.4 is 5.32 Å². The third kappa shape index (κ3) is 6.40. The van der Waals surface area contributed by atoms with Crippen LogP contribution in [0.2, 0.25) is 16.6 Å². The first kappa shape index (κ1) is 30.9. The van der Waals surface area contributed by atoms with Gasteiger partial charge in [-0.25, -0.2) is 0 Å². The second-order valence-corrected chi connectivity index (χ2v) is 16.3. The van der Waals surface area contributed by atoms with Crippen molar-refractivity contribution in [3.05, 3.63) is 65.9 Å². The number of aliphatic hydroxyl groups is 2. The fourth-order valence-corrected chi connectivity index (χ4v) is 11.1. The van der Waals surface area contributed by atoms with Crippen molar-refractivity contribution in [2.75, 3.05) is 0 Å². The Morgan fingerprint density at radius 3 is 2.14 bits per heavy atom. The van der Waals surface area contributed by atoms with Crippen molar-refractivity contribution in [2.24, 2.45) is 5.92 Å². The number of aliphatic hydroxyl groups excluding tert-OH is 1. The maximum atomic E-state index is 13.8. The van der Waals surface area contributed by atoms with E-state index in [1.807, 2.05) is 43.3 Å². The predicted molar refractivity (Wildman–Crippen MR) is 152 cm³/mol. The first-order valence-electron chi connectivity index (χ1n) is 13.4. The number of carbonyl (C=O) groups is 2. The summed E-state index contributed by atoms with van der Waals surface area (Å²) < 4.78 is 6.92. The lowest BCUT2D eigenvalue weighted by molar-refractivity contribution is -0.159. The molecule has 1 aromatic carbocycles. The van der Waals surface area contributed by atoms with Crippen LogP contribution >= 0.6 is 0 Å². The molecule has 0 bridgehead atoms. The molecule has 37 heavy (non-hydrogen) atoms. The van der Waals surface area contributed by atoms with E-state index in [-0.39, 0.29) is 16.6 Å². The molecule has 0 spiro atoms. The van der Waals surface area contributed by atoms with Gasteiger partial charge in [-0.3, -0.25) is 9.59 Å². The van der Waals surface area contributed by atoms with E-state index < -0.39 is 43.7 Å². The van der Waals surface area contributed by atoms with E-state index in [1.54, 1.807) is 18.2 Å². The number of hydrogen-bond donors (Lipinski definition) is 3. The summed E-state index contributed by atoms with van der Waals surface area (Å²) in [5.41, 5.74) is -0.808. The molecule has 2 unspecified atom stereocenters. The Balaban J connectivity index is 2.62. The third-order valence-electron chi connectivity index (χ3n) is 7.51. The van der Waals surface area contributed by atoms with E-state index in [4.69, 9.17) is 4.43 Å². The molecule has 0 radical (unpaired) electrons. The second kappa shape index (κ2) is 13.0. The van der Waals surface area contributed by atoms with Gasteiger partial charge in [-0.1, -0.05) is 110 Å². The molecule has 1 fully saturated rings. The van der Waals surface area contributed by atoms with Gasteiger partial charge in [0.05, 0.1) is 11.8 Å². The molecule has 6 nitrogen and oxygen atoms in total. The largest absolute Gasteiger partial charge is 0.404 e. The first-order chi connectivity index (χ1) is 17.3. The Morgan fingerprint density at radius 2 is 1.62 bits per heavy atom. The van der Waals surface area contributed by atoms with Crippen molar-refractivity contribution < 1.29 is 24.2 Å². The van der Waals surface area contributed by atoms with Crippen LogP contribution in [0, 0.1) is 5.92 Å². The van der Waals surface area contributed by atoms with Crippen molar-refractivity contribution in [1.82, 2.24) is 5.32 Å². The molecular formula is C30H45NO5Si. The Labute approximate surface area is 223 Å². The van der Waals surface area contributed by atoms with Gasteiger partial charge in [0, 0.05) is 5.92 Å². The average molecular weight is 528 g/mol. The summed E-state index contributed by atoms with van der Waals surface area (Å²) in [5, 5.41) is 25.4. The van der Waals surface area contributed by atoms with Gasteiger partial charge in [-0.05, 0) is 34.7 Å². The topological polar surface area (TPSA) is 95.9 Å². The van der Waals surface area contributed by atoms with Crippen molar-refractivity contribution in [3.8, 4) is 0 Å². The Hall–Kier alpha value is -2.32. The summed E-state index contributed by atoms with van der Waals surface area (Å²) in [5.74, 6) is -2.61. The average Bonchev–Trinajstić information content (AvgIpc) is 3.08. The summed E-state index contributed by atoms with van der Waals surface area (Å²) in [4.78, 5) is 27.2. The van der Waals surface area contributed by atoms with Crippen LogP contribution in [0.4, 0.5) is 0 Å². The van der Waals surface area contributed by atoms with Crippen LogP contribution in [-0.2, 0) is 14.0 Å². The van der Waals surface area contributed by atoms with E-state index in [0.29, 0.717) is 5.70 Å². The van der Waals surface area contributed by atoms with E-state index in [0.717, 1.165) is 12.0 Å². The van der Waals surface area contributed by atoms with E-state index in [1.165, 1.54) is 13.0 Å². The maximum Gasteiger partial charge on any atom is 0.267 e. The number of Topliss-reactive ketones (excluding diaryl/α,β-unsaturated/α-hetero) is 1. The molecule has 1 saturated heterocycles. The second-order valence-electron chi connectivity index (χ2n) is 10.9. The number of hydrogen-bond acceptors (Lipinski definition) is 5. The lowest BCUT2D eigenvalue weighted by atomic mass is 9.83. The minimum Gasteiger partial charge on any atom is -0.404 e. The number of rotatable bonds is 12. The van der Waals surface area contributed by atoms with Crippen LogP contribution in [-0.4, -0.2) is 48.0 Å². The quantitative estimate of drug-likeness (QED) is 0.188. The molecular weight excluding hydrogens is 482 g/mol. The Bertz CT molecular complexity index is 992. The number of allylic oxidation sites excluding steroid dienone is 3. The number of nitrogens with one attached hydrogen (secondary N) is 1. The summed E-state index contributed by atoms with van der Waals surface area (Å²) in [7, 11) is -2.64. The SMILES string of the molecule is CC/C=C/C=C/C(O)C(C)C(=O)[C@@]1(O)C(=O)N/C(=C\c2ccccc2)[C@@H]1O[Si](C(C)C)(C(C)C)C(C)C. The Morgan fingerprint density at radius 1 is 1.05 bits per heavy atom. The maximum absolute atomic E-state index is 13.8. The van der Waals surface area contributed by atoms with Crippen LogP contribution in [0.25, 0.3) is 6.08 Å². The summed E-state index contributed by atoms with van der Waals surface area (Å²) in [6.45, 7) is 16.2. The molecule has 7 heteroatoms. The fourth-order valence-electron chi connectivity index (χ4n) is 5.54. The number of carbonyl (C=O) groups excluding carboxylic acids is 2. The van der Waals surface area contributed by atoms with Gasteiger partial charge in [-0.2, -0.15) is 0 Å². The monoisotopic (exact) mass is 527 g/mol. The number of ketones is 1. The highest BCUT2D eigenvalue weighted by atomic mass is 28.4. The predicted octanol–water partition coefficient (Wildman–Crippen LogP) is 5.54. The van der Waals surface area contributed by atoms with Gasteiger partial charge in [-0.15, -0.1) is 0 Å². The number of benzene rings is 1. The number of amides is 1. The molecule has 0 aromatic heterocycles. The van der Waals surface area contributed by atoms with Crippen LogP contribution in [0.3, 0.4) is 0 Å². The molecule has 0 saturated carbocycles. The Kier molecular flexibility index (Phi) is 10.8. The standard InChI is InChI=1S/C30H45NO5Si/c1-9-10-11-15-18-26(32)23(8)27(33)30(35)28(36-37(20(2)3,21(4)5)22(6)7)25(31-29(30)34)19-24-16-13-12-14-17-24/h10-23,26,28,32,35H,9H2,1-8H3,(H,31,34)/b11-10+,18-15+,25-19-/t23?,26?,28-,30-/m0/s1. The van der Waals surface area contributed by atoms with Gasteiger partial charge in [0.25, 0.3) is 5.91 Å². The lowest BCUT2D eigenvalue weighted by Crippen LogP contribution is -2.61. The fraction of sp³-hybridized carbons (Fsp3) is 0.533. The van der Waals surface area contributed by atoms with Crippen LogP contribution in [0.15, 0.2) is 60.3 Å². The highest BCUT2D eigenvalue weighted by molar-refractivity contribution is 6.77. The molecule has 3 N–H and O–H groups in total. The molecule has 204 valence electrons. The molecule has 1 amide bonds. The minimum atomic E-state index is -2.64. The van der Waals surface area contributed by atoms with Crippen LogP contribution in [0.1, 0.15) is 67.4 Å².